The number of hydrogen-bond donors (Lipinski definition) is 1. The summed E-state index contributed by atoms with van der Waals surface area (Å²) < 4.78 is 6.02. The van der Waals surface area contributed by atoms with Crippen molar-refractivity contribution in [2.45, 2.75) is 44.3 Å². The number of nitrogens with zero attached hydrogens (tertiary/aromatic N) is 1. The molecule has 2 aromatic rings. The van der Waals surface area contributed by atoms with Gasteiger partial charge in [0.2, 0.25) is 5.91 Å². The molecule has 27 heavy (non-hydrogen) atoms. The Hall–Kier alpha value is -2.04. The van der Waals surface area contributed by atoms with Crippen LogP contribution in [0.15, 0.2) is 54.6 Å². The molecule has 4 nitrogen and oxygen atoms in total. The first-order valence-electron chi connectivity index (χ1n) is 9.20. The fourth-order valence-corrected chi connectivity index (χ4v) is 3.53. The zero-order chi connectivity index (χ0) is 19.7. The zero-order valence-electron chi connectivity index (χ0n) is 16.0. The van der Waals surface area contributed by atoms with Crippen molar-refractivity contribution in [1.29, 1.82) is 0 Å². The van der Waals surface area contributed by atoms with Gasteiger partial charge in [0.25, 0.3) is 0 Å². The molecule has 1 aliphatic heterocycles. The second kappa shape index (κ2) is 7.53. The first-order valence-corrected chi connectivity index (χ1v) is 9.57. The van der Waals surface area contributed by atoms with Crippen LogP contribution in [0.25, 0.3) is 0 Å². The first-order chi connectivity index (χ1) is 12.7. The van der Waals surface area contributed by atoms with Gasteiger partial charge in [0.05, 0.1) is 12.0 Å². The highest BCUT2D eigenvalue weighted by Gasteiger charge is 2.44. The number of rotatable bonds is 4. The number of ether oxygens (including phenoxy) is 1. The monoisotopic (exact) mass is 387 g/mol. The molecular formula is C22H26ClNO3. The largest absolute Gasteiger partial charge is 0.486 e. The maximum atomic E-state index is 13.3. The van der Waals surface area contributed by atoms with Crippen LogP contribution in [0.1, 0.15) is 32.8 Å². The van der Waals surface area contributed by atoms with E-state index >= 15 is 0 Å². The topological polar surface area (TPSA) is 49.8 Å². The summed E-state index contributed by atoms with van der Waals surface area (Å²) in [6.45, 7) is 6.44. The van der Waals surface area contributed by atoms with Crippen molar-refractivity contribution >= 4 is 17.5 Å². The minimum absolute atomic E-state index is 0.0157. The number of likely N-dealkylation sites (tertiary alicyclic amines) is 1. The number of benzene rings is 2. The van der Waals surface area contributed by atoms with Crippen LogP contribution in [0, 0.1) is 0 Å². The number of piperidine rings is 1. The number of hydrogen-bond acceptors (Lipinski definition) is 3. The minimum atomic E-state index is -0.989. The van der Waals surface area contributed by atoms with Crippen molar-refractivity contribution in [3.63, 3.8) is 0 Å². The average Bonchev–Trinajstić information content (AvgIpc) is 2.64. The van der Waals surface area contributed by atoms with E-state index in [9.17, 15) is 9.90 Å². The van der Waals surface area contributed by atoms with Crippen molar-refractivity contribution in [3.8, 4) is 5.75 Å². The van der Waals surface area contributed by atoms with Gasteiger partial charge >= 0.3 is 0 Å². The van der Waals surface area contributed by atoms with Gasteiger partial charge in [0.1, 0.15) is 17.5 Å². The van der Waals surface area contributed by atoms with E-state index in [2.05, 4.69) is 0 Å². The molecule has 2 atom stereocenters. The van der Waals surface area contributed by atoms with Gasteiger partial charge in [-0.3, -0.25) is 4.79 Å². The summed E-state index contributed by atoms with van der Waals surface area (Å²) >= 11 is 5.98. The third-order valence-corrected chi connectivity index (χ3v) is 5.63. The SMILES string of the molecule is CC(C)(C(=O)N1CC[C@](C)(O)[C@@H](Oc2ccccc2)C1)c1ccc(Cl)cc1. The Labute approximate surface area is 165 Å². The lowest BCUT2D eigenvalue weighted by atomic mass is 9.81. The molecule has 1 aliphatic rings. The number of para-hydroxylation sites is 1. The van der Waals surface area contributed by atoms with Gasteiger partial charge in [0, 0.05) is 11.6 Å². The molecule has 0 radical (unpaired) electrons. The van der Waals surface area contributed by atoms with Gasteiger partial charge in [-0.25, -0.2) is 0 Å². The third-order valence-electron chi connectivity index (χ3n) is 5.38. The normalized spacial score (nSPS) is 23.1. The highest BCUT2D eigenvalue weighted by atomic mass is 35.5. The van der Waals surface area contributed by atoms with E-state index in [0.29, 0.717) is 30.3 Å². The van der Waals surface area contributed by atoms with E-state index in [1.54, 1.807) is 24.0 Å². The second-order valence-electron chi connectivity index (χ2n) is 7.91. The van der Waals surface area contributed by atoms with E-state index < -0.39 is 17.1 Å². The summed E-state index contributed by atoms with van der Waals surface area (Å²) in [5.74, 6) is 0.705. The van der Waals surface area contributed by atoms with E-state index in [0.717, 1.165) is 5.56 Å². The third kappa shape index (κ3) is 4.28. The molecule has 0 bridgehead atoms. The van der Waals surface area contributed by atoms with Crippen molar-refractivity contribution in [2.75, 3.05) is 13.1 Å². The number of halogens is 1. The van der Waals surface area contributed by atoms with Crippen LogP contribution in [0.2, 0.25) is 5.02 Å². The maximum absolute atomic E-state index is 13.3. The Morgan fingerprint density at radius 3 is 2.44 bits per heavy atom. The van der Waals surface area contributed by atoms with E-state index in [1.165, 1.54) is 0 Å². The van der Waals surface area contributed by atoms with Crippen LogP contribution >= 0.6 is 11.6 Å². The smallest absolute Gasteiger partial charge is 0.232 e. The van der Waals surface area contributed by atoms with Crippen molar-refractivity contribution < 1.29 is 14.6 Å². The molecule has 0 spiro atoms. The summed E-state index contributed by atoms with van der Waals surface area (Å²) in [4.78, 5) is 15.1. The van der Waals surface area contributed by atoms with Crippen LogP contribution in [-0.4, -0.2) is 40.7 Å². The number of carbonyl (C=O) groups is 1. The lowest BCUT2D eigenvalue weighted by Crippen LogP contribution is -2.59. The molecule has 1 amide bonds. The van der Waals surface area contributed by atoms with Gasteiger partial charge in [0.15, 0.2) is 0 Å². The Kier molecular flexibility index (Phi) is 5.50. The number of amides is 1. The average molecular weight is 388 g/mol. The van der Waals surface area contributed by atoms with Gasteiger partial charge in [-0.1, -0.05) is 41.9 Å². The van der Waals surface area contributed by atoms with Crippen molar-refractivity contribution in [1.82, 2.24) is 4.90 Å². The summed E-state index contributed by atoms with van der Waals surface area (Å²) in [5, 5.41) is 11.4. The van der Waals surface area contributed by atoms with Crippen LogP contribution < -0.4 is 4.74 Å². The number of aliphatic hydroxyl groups is 1. The molecule has 5 heteroatoms. The summed E-state index contributed by atoms with van der Waals surface area (Å²) in [6.07, 6.45) is -0.0222. The predicted molar refractivity (Wildman–Crippen MR) is 107 cm³/mol. The van der Waals surface area contributed by atoms with Gasteiger partial charge < -0.3 is 14.7 Å². The zero-order valence-corrected chi connectivity index (χ0v) is 16.7. The van der Waals surface area contributed by atoms with Crippen molar-refractivity contribution in [2.24, 2.45) is 0 Å². The van der Waals surface area contributed by atoms with Crippen LogP contribution in [0.4, 0.5) is 0 Å². The minimum Gasteiger partial charge on any atom is -0.486 e. The van der Waals surface area contributed by atoms with Crippen LogP contribution in [0.3, 0.4) is 0 Å². The van der Waals surface area contributed by atoms with E-state index in [-0.39, 0.29) is 5.91 Å². The molecule has 1 fully saturated rings. The fourth-order valence-electron chi connectivity index (χ4n) is 3.41. The molecular weight excluding hydrogens is 362 g/mol. The molecule has 144 valence electrons. The highest BCUT2D eigenvalue weighted by molar-refractivity contribution is 6.30. The summed E-state index contributed by atoms with van der Waals surface area (Å²) in [7, 11) is 0. The molecule has 2 aromatic carbocycles. The Bertz CT molecular complexity index is 787. The Morgan fingerprint density at radius 1 is 1.19 bits per heavy atom. The molecule has 0 unspecified atom stereocenters. The fraction of sp³-hybridized carbons (Fsp3) is 0.409. The molecule has 1 heterocycles. The van der Waals surface area contributed by atoms with Gasteiger partial charge in [-0.2, -0.15) is 0 Å². The lowest BCUT2D eigenvalue weighted by Gasteiger charge is -2.44. The second-order valence-corrected chi connectivity index (χ2v) is 8.35. The summed E-state index contributed by atoms with van der Waals surface area (Å²) in [6, 6.07) is 16.8. The Balaban J connectivity index is 1.78. The van der Waals surface area contributed by atoms with Gasteiger partial charge in [-0.05, 0) is 57.0 Å². The van der Waals surface area contributed by atoms with Crippen LogP contribution in [0.5, 0.6) is 5.75 Å². The van der Waals surface area contributed by atoms with E-state index in [1.807, 2.05) is 56.3 Å². The van der Waals surface area contributed by atoms with Gasteiger partial charge in [-0.15, -0.1) is 0 Å². The molecule has 1 N–H and O–H groups in total. The highest BCUT2D eigenvalue weighted by Crippen LogP contribution is 2.32. The molecule has 0 saturated carbocycles. The molecule has 0 aromatic heterocycles. The lowest BCUT2D eigenvalue weighted by molar-refractivity contribution is -0.148. The molecule has 1 saturated heterocycles. The van der Waals surface area contributed by atoms with Crippen LogP contribution in [-0.2, 0) is 10.2 Å². The van der Waals surface area contributed by atoms with E-state index in [4.69, 9.17) is 16.3 Å². The quantitative estimate of drug-likeness (QED) is 0.861. The molecule has 3 rings (SSSR count). The summed E-state index contributed by atoms with van der Waals surface area (Å²) in [5.41, 5.74) is -0.767. The first kappa shape index (κ1) is 19.7. The standard InChI is InChI=1S/C22H26ClNO3/c1-21(2,16-9-11-17(23)12-10-16)20(25)24-14-13-22(3,26)19(15-24)27-18-7-5-4-6-8-18/h4-12,19,26H,13-15H2,1-3H3/t19-,22-/m0/s1. The van der Waals surface area contributed by atoms with Crippen molar-refractivity contribution in [3.05, 3.63) is 65.2 Å². The molecule has 0 aliphatic carbocycles. The number of carbonyl (C=O) groups excluding carboxylic acids is 1. The predicted octanol–water partition coefficient (Wildman–Crippen LogP) is 4.05. The maximum Gasteiger partial charge on any atom is 0.232 e. The Morgan fingerprint density at radius 2 is 1.81 bits per heavy atom.